The molecule has 0 aliphatic rings. The van der Waals surface area contributed by atoms with E-state index in [9.17, 15) is 0 Å². The Balaban J connectivity index is 2.19. The second-order valence-corrected chi connectivity index (χ2v) is 5.40. The van der Waals surface area contributed by atoms with Crippen LogP contribution in [0.2, 0.25) is 0 Å². The molecule has 1 N–H and O–H groups in total. The largest absolute Gasteiger partial charge is 0.315 e. The number of rotatable bonds is 6. The van der Waals surface area contributed by atoms with Crippen LogP contribution in [-0.4, -0.2) is 12.6 Å². The number of hydrogen-bond donors (Lipinski definition) is 1. The molecule has 1 aromatic heterocycles. The highest BCUT2D eigenvalue weighted by Crippen LogP contribution is 2.24. The van der Waals surface area contributed by atoms with E-state index in [0.717, 1.165) is 6.54 Å². The van der Waals surface area contributed by atoms with Crippen LogP contribution in [0.5, 0.6) is 0 Å². The molecular weight excluding hydrogens is 258 g/mol. The molecule has 0 amide bonds. The van der Waals surface area contributed by atoms with E-state index in [-0.39, 0.29) is 0 Å². The predicted octanol–water partition coefficient (Wildman–Crippen LogP) is 3.83. The summed E-state index contributed by atoms with van der Waals surface area (Å²) in [5, 5.41) is 5.58. The molecule has 1 heterocycles. The summed E-state index contributed by atoms with van der Waals surface area (Å²) in [6.45, 7) is 5.49. The van der Waals surface area contributed by atoms with Gasteiger partial charge in [-0.25, -0.2) is 0 Å². The quantitative estimate of drug-likeness (QED) is 0.832. The lowest BCUT2D eigenvalue weighted by atomic mass is 10.1. The first-order valence-corrected chi connectivity index (χ1v) is 6.86. The number of thiophene rings is 1. The van der Waals surface area contributed by atoms with Crippen molar-refractivity contribution in [2.75, 3.05) is 6.54 Å². The van der Waals surface area contributed by atoms with E-state index < -0.39 is 0 Å². The number of aryl methyl sites for hydroxylation is 1. The molecule has 0 saturated heterocycles. The van der Waals surface area contributed by atoms with E-state index in [4.69, 9.17) is 0 Å². The van der Waals surface area contributed by atoms with E-state index in [2.05, 4.69) is 46.5 Å². The minimum atomic E-state index is 0.652. The van der Waals surface area contributed by atoms with Crippen molar-refractivity contribution in [2.45, 2.75) is 39.2 Å². The summed E-state index contributed by atoms with van der Waals surface area (Å²) in [7, 11) is 0. The average molecular weight is 276 g/mol. The third-order valence-electron chi connectivity index (χ3n) is 2.28. The lowest BCUT2D eigenvalue weighted by Gasteiger charge is -2.11. The smallest absolute Gasteiger partial charge is 0.0314 e. The lowest BCUT2D eigenvalue weighted by Crippen LogP contribution is -2.25. The topological polar surface area (TPSA) is 12.0 Å². The molecule has 0 aromatic carbocycles. The average Bonchev–Trinajstić information content (AvgIpc) is 2.52. The SMILES string of the molecule is CCNC(C)CCCc1sccc1Br. The summed E-state index contributed by atoms with van der Waals surface area (Å²) < 4.78 is 1.28. The minimum Gasteiger partial charge on any atom is -0.315 e. The first-order chi connectivity index (χ1) is 6.74. The van der Waals surface area contributed by atoms with Gasteiger partial charge in [0.15, 0.2) is 0 Å². The zero-order valence-corrected chi connectivity index (χ0v) is 11.2. The van der Waals surface area contributed by atoms with Crippen molar-refractivity contribution in [1.29, 1.82) is 0 Å². The number of hydrogen-bond acceptors (Lipinski definition) is 2. The minimum absolute atomic E-state index is 0.652. The van der Waals surface area contributed by atoms with Crippen LogP contribution in [0, 0.1) is 0 Å². The molecule has 1 nitrogen and oxygen atoms in total. The van der Waals surface area contributed by atoms with Gasteiger partial charge in [-0.3, -0.25) is 0 Å². The van der Waals surface area contributed by atoms with Gasteiger partial charge in [-0.05, 0) is 60.1 Å². The van der Waals surface area contributed by atoms with E-state index in [1.807, 2.05) is 11.3 Å². The maximum absolute atomic E-state index is 3.56. The molecule has 0 radical (unpaired) electrons. The van der Waals surface area contributed by atoms with Crippen LogP contribution in [0.1, 0.15) is 31.6 Å². The summed E-state index contributed by atoms with van der Waals surface area (Å²) >= 11 is 5.41. The van der Waals surface area contributed by atoms with E-state index in [1.54, 1.807) is 0 Å². The van der Waals surface area contributed by atoms with Crippen molar-refractivity contribution in [2.24, 2.45) is 0 Å². The van der Waals surface area contributed by atoms with Crippen LogP contribution in [0.3, 0.4) is 0 Å². The van der Waals surface area contributed by atoms with Gasteiger partial charge < -0.3 is 5.32 Å². The fourth-order valence-corrected chi connectivity index (χ4v) is 3.12. The highest BCUT2D eigenvalue weighted by atomic mass is 79.9. The van der Waals surface area contributed by atoms with Crippen LogP contribution in [0.4, 0.5) is 0 Å². The van der Waals surface area contributed by atoms with Gasteiger partial charge in [0, 0.05) is 15.4 Å². The highest BCUT2D eigenvalue weighted by molar-refractivity contribution is 9.10. The zero-order chi connectivity index (χ0) is 10.4. The molecule has 1 aromatic rings. The Hall–Kier alpha value is 0.140. The van der Waals surface area contributed by atoms with Crippen molar-refractivity contribution in [3.63, 3.8) is 0 Å². The van der Waals surface area contributed by atoms with E-state index >= 15 is 0 Å². The van der Waals surface area contributed by atoms with Gasteiger partial charge in [0.2, 0.25) is 0 Å². The zero-order valence-electron chi connectivity index (χ0n) is 8.85. The summed E-state index contributed by atoms with van der Waals surface area (Å²) in [5.41, 5.74) is 0. The molecule has 80 valence electrons. The normalized spacial score (nSPS) is 13.1. The van der Waals surface area contributed by atoms with E-state index in [0.29, 0.717) is 6.04 Å². The van der Waals surface area contributed by atoms with Gasteiger partial charge in [-0.15, -0.1) is 11.3 Å². The molecule has 0 fully saturated rings. The fraction of sp³-hybridized carbons (Fsp3) is 0.636. The Labute approximate surface area is 99.0 Å². The van der Waals surface area contributed by atoms with Crippen molar-refractivity contribution in [1.82, 2.24) is 5.32 Å². The van der Waals surface area contributed by atoms with Crippen LogP contribution < -0.4 is 5.32 Å². The Bertz CT molecular complexity index is 260. The van der Waals surface area contributed by atoms with Gasteiger partial charge in [-0.2, -0.15) is 0 Å². The van der Waals surface area contributed by atoms with Gasteiger partial charge >= 0.3 is 0 Å². The maximum atomic E-state index is 3.56. The van der Waals surface area contributed by atoms with Gasteiger partial charge in [0.05, 0.1) is 0 Å². The molecule has 0 bridgehead atoms. The summed E-state index contributed by atoms with van der Waals surface area (Å²) in [4.78, 5) is 1.48. The molecule has 14 heavy (non-hydrogen) atoms. The van der Waals surface area contributed by atoms with Crippen LogP contribution in [-0.2, 0) is 6.42 Å². The number of nitrogens with one attached hydrogen (secondary N) is 1. The molecular formula is C11H18BrNS. The fourth-order valence-electron chi connectivity index (χ4n) is 1.52. The predicted molar refractivity (Wildman–Crippen MR) is 68.1 cm³/mol. The Morgan fingerprint density at radius 2 is 2.36 bits per heavy atom. The first kappa shape index (κ1) is 12.2. The second kappa shape index (κ2) is 6.59. The lowest BCUT2D eigenvalue weighted by molar-refractivity contribution is 0.513. The Morgan fingerprint density at radius 1 is 1.57 bits per heavy atom. The highest BCUT2D eigenvalue weighted by Gasteiger charge is 2.03. The maximum Gasteiger partial charge on any atom is 0.0314 e. The third kappa shape index (κ3) is 4.11. The van der Waals surface area contributed by atoms with Crippen molar-refractivity contribution >= 4 is 27.3 Å². The van der Waals surface area contributed by atoms with Crippen LogP contribution in [0.15, 0.2) is 15.9 Å². The van der Waals surface area contributed by atoms with Gasteiger partial charge in [0.25, 0.3) is 0 Å². The van der Waals surface area contributed by atoms with Crippen molar-refractivity contribution in [3.8, 4) is 0 Å². The standard InChI is InChI=1S/C11H18BrNS/c1-3-13-9(2)5-4-6-11-10(12)7-8-14-11/h7-9,13H,3-6H2,1-2H3. The summed E-state index contributed by atoms with van der Waals surface area (Å²) in [6.07, 6.45) is 3.74. The summed E-state index contributed by atoms with van der Waals surface area (Å²) in [5.74, 6) is 0. The third-order valence-corrected chi connectivity index (χ3v) is 4.27. The first-order valence-electron chi connectivity index (χ1n) is 5.19. The Morgan fingerprint density at radius 3 is 2.93 bits per heavy atom. The van der Waals surface area contributed by atoms with Gasteiger partial charge in [0.1, 0.15) is 0 Å². The molecule has 0 aliphatic carbocycles. The molecule has 0 aliphatic heterocycles. The molecule has 1 atom stereocenters. The molecule has 1 rings (SSSR count). The van der Waals surface area contributed by atoms with Gasteiger partial charge in [-0.1, -0.05) is 6.92 Å². The van der Waals surface area contributed by atoms with E-state index in [1.165, 1.54) is 28.6 Å². The monoisotopic (exact) mass is 275 g/mol. The second-order valence-electron chi connectivity index (χ2n) is 3.54. The molecule has 1 unspecified atom stereocenters. The van der Waals surface area contributed by atoms with Crippen LogP contribution in [0.25, 0.3) is 0 Å². The molecule has 3 heteroatoms. The van der Waals surface area contributed by atoms with Crippen molar-refractivity contribution < 1.29 is 0 Å². The Kier molecular flexibility index (Phi) is 5.75. The molecule has 0 saturated carbocycles. The van der Waals surface area contributed by atoms with Crippen molar-refractivity contribution in [3.05, 3.63) is 20.8 Å². The summed E-state index contributed by atoms with van der Waals surface area (Å²) in [6, 6.07) is 2.78. The van der Waals surface area contributed by atoms with Crippen LogP contribution >= 0.6 is 27.3 Å². The molecule has 0 spiro atoms. The number of halogens is 1.